The maximum atomic E-state index is 2.20. The van der Waals surface area contributed by atoms with Crippen LogP contribution in [0.2, 0.25) is 0 Å². The van der Waals surface area contributed by atoms with Crippen LogP contribution in [0.4, 0.5) is 0 Å². The van der Waals surface area contributed by atoms with Gasteiger partial charge in [-0.3, -0.25) is 0 Å². The van der Waals surface area contributed by atoms with Gasteiger partial charge in [0.15, 0.2) is 0 Å². The predicted molar refractivity (Wildman–Crippen MR) is 52.5 cm³/mol. The zero-order valence-corrected chi connectivity index (χ0v) is 7.96. The van der Waals surface area contributed by atoms with Crippen LogP contribution in [-0.4, -0.2) is 0 Å². The highest BCUT2D eigenvalue weighted by atomic mass is 14.0. The van der Waals surface area contributed by atoms with Gasteiger partial charge >= 0.3 is 0 Å². The fourth-order valence-electron chi connectivity index (χ4n) is 0.575. The van der Waals surface area contributed by atoms with Gasteiger partial charge in [0.25, 0.3) is 0 Å². The van der Waals surface area contributed by atoms with Gasteiger partial charge in [0.1, 0.15) is 0 Å². The van der Waals surface area contributed by atoms with Crippen LogP contribution < -0.4 is 0 Å². The zero-order valence-electron chi connectivity index (χ0n) is 7.96. The molecule has 0 saturated heterocycles. The van der Waals surface area contributed by atoms with Crippen molar-refractivity contribution >= 4 is 0 Å². The summed E-state index contributed by atoms with van der Waals surface area (Å²) in [5.74, 6) is 0.658. The van der Waals surface area contributed by atoms with Gasteiger partial charge in [-0.25, -0.2) is 0 Å². The van der Waals surface area contributed by atoms with Crippen molar-refractivity contribution in [1.82, 2.24) is 0 Å². The van der Waals surface area contributed by atoms with E-state index in [1.165, 1.54) is 5.57 Å². The van der Waals surface area contributed by atoms with Crippen LogP contribution in [0, 0.1) is 5.92 Å². The second kappa shape index (κ2) is 5.96. The van der Waals surface area contributed by atoms with E-state index in [0.29, 0.717) is 5.92 Å². The molecule has 62 valence electrons. The third-order valence-electron chi connectivity index (χ3n) is 1.68. The van der Waals surface area contributed by atoms with Gasteiger partial charge in [-0.2, -0.15) is 0 Å². The highest BCUT2D eigenvalue weighted by molar-refractivity contribution is 5.15. The quantitative estimate of drug-likeness (QED) is 0.538. The summed E-state index contributed by atoms with van der Waals surface area (Å²) in [5.41, 5.74) is 1.42. The first-order chi connectivity index (χ1) is 5.18. The summed E-state index contributed by atoms with van der Waals surface area (Å²) in [5, 5.41) is 0. The molecular weight excluding hydrogens is 132 g/mol. The fourth-order valence-corrected chi connectivity index (χ4v) is 0.575. The molecule has 0 spiro atoms. The zero-order chi connectivity index (χ0) is 8.69. The number of hydrogen-bond acceptors (Lipinski definition) is 0. The maximum absolute atomic E-state index is 2.20. The van der Waals surface area contributed by atoms with Crippen molar-refractivity contribution in [3.05, 3.63) is 36.0 Å². The van der Waals surface area contributed by atoms with Crippen LogP contribution in [0.3, 0.4) is 0 Å². The lowest BCUT2D eigenvalue weighted by Gasteiger charge is -2.01. The average molecular weight is 150 g/mol. The van der Waals surface area contributed by atoms with Crippen molar-refractivity contribution in [1.29, 1.82) is 0 Å². The molecule has 0 saturated carbocycles. The third kappa shape index (κ3) is 5.65. The van der Waals surface area contributed by atoms with E-state index in [9.17, 15) is 0 Å². The van der Waals surface area contributed by atoms with E-state index < -0.39 is 0 Å². The molecule has 0 aliphatic carbocycles. The lowest BCUT2D eigenvalue weighted by atomic mass is 10.1. The monoisotopic (exact) mass is 150 g/mol. The van der Waals surface area contributed by atoms with Crippen molar-refractivity contribution in [2.45, 2.75) is 27.7 Å². The Morgan fingerprint density at radius 3 is 2.18 bits per heavy atom. The summed E-state index contributed by atoms with van der Waals surface area (Å²) in [7, 11) is 0. The summed E-state index contributed by atoms with van der Waals surface area (Å²) in [6, 6.07) is 0. The molecule has 0 atom stereocenters. The second-order valence-corrected chi connectivity index (χ2v) is 2.98. The van der Waals surface area contributed by atoms with E-state index in [2.05, 4.69) is 32.9 Å². The summed E-state index contributed by atoms with van der Waals surface area (Å²) in [6.45, 7) is 8.58. The van der Waals surface area contributed by atoms with E-state index >= 15 is 0 Å². The molecule has 0 N–H and O–H groups in total. The Balaban J connectivity index is 3.91. The molecule has 0 aromatic rings. The number of allylic oxidation sites excluding steroid dienone is 6. The molecule has 11 heavy (non-hydrogen) atoms. The van der Waals surface area contributed by atoms with Gasteiger partial charge in [0.05, 0.1) is 0 Å². The Morgan fingerprint density at radius 2 is 1.73 bits per heavy atom. The van der Waals surface area contributed by atoms with E-state index in [0.717, 1.165) is 0 Å². The third-order valence-corrected chi connectivity index (χ3v) is 1.68. The summed E-state index contributed by atoms with van der Waals surface area (Å²) >= 11 is 0. The van der Waals surface area contributed by atoms with Crippen molar-refractivity contribution in [2.75, 3.05) is 0 Å². The van der Waals surface area contributed by atoms with Crippen molar-refractivity contribution in [2.24, 2.45) is 5.92 Å². The second-order valence-electron chi connectivity index (χ2n) is 2.98. The first kappa shape index (κ1) is 10.2. The molecule has 0 heteroatoms. The van der Waals surface area contributed by atoms with E-state index in [1.807, 2.05) is 25.2 Å². The Kier molecular flexibility index (Phi) is 5.54. The van der Waals surface area contributed by atoms with Gasteiger partial charge in [-0.05, 0) is 19.8 Å². The molecule has 0 amide bonds. The van der Waals surface area contributed by atoms with Gasteiger partial charge < -0.3 is 0 Å². The lowest BCUT2D eigenvalue weighted by molar-refractivity contribution is 0.769. The van der Waals surface area contributed by atoms with Crippen LogP contribution in [0.25, 0.3) is 0 Å². The minimum Gasteiger partial charge on any atom is -0.0877 e. The van der Waals surface area contributed by atoms with Crippen LogP contribution in [0.5, 0.6) is 0 Å². The molecule has 0 heterocycles. The maximum Gasteiger partial charge on any atom is -0.0260 e. The minimum atomic E-state index is 0.658. The molecule has 0 bridgehead atoms. The van der Waals surface area contributed by atoms with Crippen LogP contribution in [-0.2, 0) is 0 Å². The Hall–Kier alpha value is -0.780. The Bertz CT molecular complexity index is 168. The SMILES string of the molecule is C/C=C/C=C\C=C(/C)C(C)C. The highest BCUT2D eigenvalue weighted by Crippen LogP contribution is 2.07. The number of rotatable bonds is 3. The highest BCUT2D eigenvalue weighted by Gasteiger charge is 1.91. The molecule has 0 rings (SSSR count). The Morgan fingerprint density at radius 1 is 1.09 bits per heavy atom. The molecule has 0 nitrogen and oxygen atoms in total. The molecular formula is C11H18. The average Bonchev–Trinajstić information content (AvgIpc) is 1.97. The van der Waals surface area contributed by atoms with Crippen LogP contribution in [0.1, 0.15) is 27.7 Å². The van der Waals surface area contributed by atoms with Crippen molar-refractivity contribution in [3.8, 4) is 0 Å². The number of hydrogen-bond donors (Lipinski definition) is 0. The van der Waals surface area contributed by atoms with Gasteiger partial charge in [-0.15, -0.1) is 0 Å². The molecule has 0 aliphatic rings. The van der Waals surface area contributed by atoms with Crippen LogP contribution >= 0.6 is 0 Å². The van der Waals surface area contributed by atoms with E-state index in [4.69, 9.17) is 0 Å². The standard InChI is InChI=1S/C11H18/c1-5-6-7-8-9-11(4)10(2)3/h5-10H,1-4H3/b6-5+,8-7-,11-9+. The Labute approximate surface area is 70.3 Å². The minimum absolute atomic E-state index is 0.658. The summed E-state index contributed by atoms with van der Waals surface area (Å²) in [4.78, 5) is 0. The van der Waals surface area contributed by atoms with E-state index in [-0.39, 0.29) is 0 Å². The van der Waals surface area contributed by atoms with E-state index in [1.54, 1.807) is 0 Å². The first-order valence-corrected chi connectivity index (χ1v) is 4.14. The first-order valence-electron chi connectivity index (χ1n) is 4.14. The molecule has 0 fully saturated rings. The van der Waals surface area contributed by atoms with Gasteiger partial charge in [-0.1, -0.05) is 49.8 Å². The smallest absolute Gasteiger partial charge is 0.0260 e. The van der Waals surface area contributed by atoms with Gasteiger partial charge in [0, 0.05) is 0 Å². The lowest BCUT2D eigenvalue weighted by Crippen LogP contribution is -1.86. The molecule has 0 aliphatic heterocycles. The summed E-state index contributed by atoms with van der Waals surface area (Å²) < 4.78 is 0. The van der Waals surface area contributed by atoms with Crippen molar-refractivity contribution < 1.29 is 0 Å². The largest absolute Gasteiger partial charge is 0.0877 e. The molecule has 0 unspecified atom stereocenters. The molecule has 0 radical (unpaired) electrons. The van der Waals surface area contributed by atoms with Crippen LogP contribution in [0.15, 0.2) is 36.0 Å². The fraction of sp³-hybridized carbons (Fsp3) is 0.455. The molecule has 0 aromatic heterocycles. The molecule has 0 aromatic carbocycles. The normalized spacial score (nSPS) is 14.1. The van der Waals surface area contributed by atoms with Gasteiger partial charge in [0.2, 0.25) is 0 Å². The topological polar surface area (TPSA) is 0 Å². The predicted octanol–water partition coefficient (Wildman–Crippen LogP) is 3.72. The van der Waals surface area contributed by atoms with Crippen molar-refractivity contribution in [3.63, 3.8) is 0 Å². The summed E-state index contributed by atoms with van der Waals surface area (Å²) in [6.07, 6.45) is 10.3.